The zero-order valence-electron chi connectivity index (χ0n) is 20.6. The van der Waals surface area contributed by atoms with Gasteiger partial charge in [-0.2, -0.15) is 0 Å². The van der Waals surface area contributed by atoms with Crippen molar-refractivity contribution >= 4 is 5.97 Å². The number of ether oxygens (including phenoxy) is 2. The summed E-state index contributed by atoms with van der Waals surface area (Å²) in [6.45, 7) is 5.37. The van der Waals surface area contributed by atoms with Crippen molar-refractivity contribution in [1.29, 1.82) is 1.43 Å². The van der Waals surface area contributed by atoms with Crippen LogP contribution in [0.1, 0.15) is 60.0 Å². The quantitative estimate of drug-likeness (QED) is 0.650. The first-order valence-electron chi connectivity index (χ1n) is 11.4. The molecule has 1 aliphatic rings. The molecule has 3 rings (SSSR count). The largest absolute Gasteiger partial charge is 0.487 e. The van der Waals surface area contributed by atoms with E-state index in [0.29, 0.717) is 29.7 Å². The fourth-order valence-electron chi connectivity index (χ4n) is 3.49. The highest BCUT2D eigenvalue weighted by Gasteiger charge is 2.32. The van der Waals surface area contributed by atoms with Gasteiger partial charge in [-0.05, 0) is 56.0 Å². The van der Waals surface area contributed by atoms with E-state index in [1.807, 2.05) is 13.8 Å². The fourth-order valence-corrected chi connectivity index (χ4v) is 3.49. The normalized spacial score (nSPS) is 17.8. The summed E-state index contributed by atoms with van der Waals surface area (Å²) >= 11 is 0. The van der Waals surface area contributed by atoms with Crippen LogP contribution >= 0.6 is 0 Å². The summed E-state index contributed by atoms with van der Waals surface area (Å²) in [5, 5.41) is 3.74. The Labute approximate surface area is 175 Å². The van der Waals surface area contributed by atoms with E-state index in [4.69, 9.17) is 15.0 Å². The molecule has 0 bridgehead atoms. The SMILES string of the molecule is [2H]OC(=O)C([2H])C([2H])([2H])c1ccc(OCc2cc(F)cc3c2OC(C)(C)C3)c(F)c1CCC. The molecule has 0 spiro atoms. The van der Waals surface area contributed by atoms with Crippen LogP contribution in [0.25, 0.3) is 1.43 Å². The van der Waals surface area contributed by atoms with Crippen molar-refractivity contribution in [2.24, 2.45) is 0 Å². The Morgan fingerprint density at radius 1 is 1.34 bits per heavy atom. The Bertz CT molecular complexity index is 1060. The highest BCUT2D eigenvalue weighted by atomic mass is 19.1. The first-order chi connectivity index (χ1) is 15.4. The molecule has 0 aromatic heterocycles. The summed E-state index contributed by atoms with van der Waals surface area (Å²) in [6.07, 6.45) is -3.53. The Morgan fingerprint density at radius 3 is 2.86 bits per heavy atom. The summed E-state index contributed by atoms with van der Waals surface area (Å²) in [7, 11) is 0. The number of carbonyl (C=O) groups is 1. The Hall–Kier alpha value is -2.63. The van der Waals surface area contributed by atoms with E-state index in [1.54, 1.807) is 6.92 Å². The van der Waals surface area contributed by atoms with Gasteiger partial charge in [-0.3, -0.25) is 4.79 Å². The monoisotopic (exact) mass is 408 g/mol. The Kier molecular flexibility index (Phi) is 4.69. The molecule has 156 valence electrons. The van der Waals surface area contributed by atoms with Crippen LogP contribution in [0.3, 0.4) is 0 Å². The molecule has 0 saturated heterocycles. The van der Waals surface area contributed by atoms with E-state index in [9.17, 15) is 9.18 Å². The number of carboxylic acids is 1. The molecule has 1 unspecified atom stereocenters. The van der Waals surface area contributed by atoms with Crippen LogP contribution in [0, 0.1) is 11.6 Å². The fraction of sp³-hybridized carbons (Fsp3) is 0.435. The summed E-state index contributed by atoms with van der Waals surface area (Å²) < 4.78 is 71.9. The molecule has 0 fully saturated rings. The predicted octanol–water partition coefficient (Wildman–Crippen LogP) is 5.23. The van der Waals surface area contributed by atoms with Crippen molar-refractivity contribution in [3.8, 4) is 11.5 Å². The lowest BCUT2D eigenvalue weighted by Gasteiger charge is -2.19. The van der Waals surface area contributed by atoms with E-state index in [-0.39, 0.29) is 29.9 Å². The highest BCUT2D eigenvalue weighted by molar-refractivity contribution is 5.67. The zero-order chi connectivity index (χ0) is 24.6. The maximum atomic E-state index is 15.4. The standard InChI is InChI=1S/C23H26F2O4/c1-4-5-18-14(7-9-20(26)27)6-8-19(21(18)25)28-13-16-11-17(24)10-15-12-23(2,3)29-22(15)16/h6,8,10-11H,4-5,7,9,12-13H2,1-3H3,(H,26,27)/i7D2,9D/hD. The van der Waals surface area contributed by atoms with Crippen LogP contribution in [0.2, 0.25) is 0 Å². The van der Waals surface area contributed by atoms with E-state index in [1.165, 1.54) is 24.3 Å². The van der Waals surface area contributed by atoms with Gasteiger partial charge < -0.3 is 14.6 Å². The molecule has 4 nitrogen and oxygen atoms in total. The number of fused-ring (bicyclic) bond motifs is 1. The van der Waals surface area contributed by atoms with Gasteiger partial charge >= 0.3 is 5.97 Å². The van der Waals surface area contributed by atoms with Gasteiger partial charge in [0, 0.05) is 28.1 Å². The summed E-state index contributed by atoms with van der Waals surface area (Å²) in [4.78, 5) is 11.6. The van der Waals surface area contributed by atoms with Gasteiger partial charge in [0.15, 0.2) is 11.6 Å². The smallest absolute Gasteiger partial charge is 0.303 e. The Balaban J connectivity index is 1.93. The second kappa shape index (κ2) is 8.39. The third-order valence-electron chi connectivity index (χ3n) is 4.64. The number of aryl methyl sites for hydroxylation is 1. The molecule has 1 aliphatic heterocycles. The molecule has 2 aromatic carbocycles. The molecular formula is C23H26F2O4. The molecule has 29 heavy (non-hydrogen) atoms. The van der Waals surface area contributed by atoms with Gasteiger partial charge in [0.2, 0.25) is 0 Å². The molecule has 2 aromatic rings. The maximum absolute atomic E-state index is 15.4. The number of rotatable bonds is 8. The van der Waals surface area contributed by atoms with Gasteiger partial charge in [0.1, 0.15) is 23.8 Å². The molecule has 6 heteroatoms. The third-order valence-corrected chi connectivity index (χ3v) is 4.64. The number of carboxylic acid groups (broad SMARTS) is 1. The number of hydrogen-bond acceptors (Lipinski definition) is 4. The number of benzene rings is 2. The number of halogens is 2. The minimum absolute atomic E-state index is 0.0307. The van der Waals surface area contributed by atoms with Crippen molar-refractivity contribution in [3.05, 3.63) is 58.2 Å². The van der Waals surface area contributed by atoms with E-state index in [0.717, 1.165) is 0 Å². The molecule has 0 radical (unpaired) electrons. The first-order valence-corrected chi connectivity index (χ1v) is 9.45. The Morgan fingerprint density at radius 2 is 2.14 bits per heavy atom. The van der Waals surface area contributed by atoms with Crippen LogP contribution in [0.15, 0.2) is 24.3 Å². The van der Waals surface area contributed by atoms with Crippen LogP contribution in [0.4, 0.5) is 8.78 Å². The molecule has 0 aliphatic carbocycles. The molecule has 0 amide bonds. The lowest BCUT2D eigenvalue weighted by molar-refractivity contribution is -0.136. The lowest BCUT2D eigenvalue weighted by Crippen LogP contribution is -2.25. The molecule has 1 N–H and O–H groups in total. The zero-order valence-corrected chi connectivity index (χ0v) is 16.6. The number of aliphatic carboxylic acids is 1. The second-order valence-electron chi connectivity index (χ2n) is 7.64. The summed E-state index contributed by atoms with van der Waals surface area (Å²) in [5.41, 5.74) is 0.422. The van der Waals surface area contributed by atoms with Gasteiger partial charge in [-0.15, -0.1) is 0 Å². The average Bonchev–Trinajstić information content (AvgIpc) is 3.06. The topological polar surface area (TPSA) is 55.8 Å². The van der Waals surface area contributed by atoms with E-state index in [2.05, 4.69) is 5.11 Å². The highest BCUT2D eigenvalue weighted by Crippen LogP contribution is 2.39. The van der Waals surface area contributed by atoms with E-state index < -0.39 is 36.0 Å². The average molecular weight is 408 g/mol. The predicted molar refractivity (Wildman–Crippen MR) is 105 cm³/mol. The van der Waals surface area contributed by atoms with Crippen LogP contribution < -0.4 is 9.47 Å². The summed E-state index contributed by atoms with van der Waals surface area (Å²) in [6, 6.07) is 5.15. The van der Waals surface area contributed by atoms with Gasteiger partial charge in [0.25, 0.3) is 1.43 Å². The minimum Gasteiger partial charge on any atom is -0.487 e. The van der Waals surface area contributed by atoms with Crippen molar-refractivity contribution in [2.45, 2.75) is 65.0 Å². The molecule has 0 saturated carbocycles. The minimum atomic E-state index is -2.59. The lowest BCUT2D eigenvalue weighted by atomic mass is 9.98. The van der Waals surface area contributed by atoms with Crippen LogP contribution in [-0.4, -0.2) is 16.7 Å². The first kappa shape index (κ1) is 16.2. The number of hydrogen-bond donors (Lipinski definition) is 1. The van der Waals surface area contributed by atoms with E-state index >= 15 is 4.39 Å². The van der Waals surface area contributed by atoms with Gasteiger partial charge in [-0.25, -0.2) is 8.78 Å². The molecule has 1 heterocycles. The second-order valence-corrected chi connectivity index (χ2v) is 7.64. The van der Waals surface area contributed by atoms with Crippen molar-refractivity contribution in [1.82, 2.24) is 0 Å². The molecular weight excluding hydrogens is 378 g/mol. The van der Waals surface area contributed by atoms with Crippen LogP contribution in [-0.2, 0) is 30.6 Å². The molecule has 1 atom stereocenters. The van der Waals surface area contributed by atoms with Crippen LogP contribution in [0.5, 0.6) is 11.5 Å². The van der Waals surface area contributed by atoms with Crippen molar-refractivity contribution in [3.63, 3.8) is 0 Å². The van der Waals surface area contributed by atoms with Crippen molar-refractivity contribution < 1.29 is 32.3 Å². The maximum Gasteiger partial charge on any atom is 0.303 e. The van der Waals surface area contributed by atoms with Gasteiger partial charge in [-0.1, -0.05) is 19.4 Å². The van der Waals surface area contributed by atoms with Gasteiger partial charge in [0.05, 0.1) is 0 Å². The third kappa shape index (κ3) is 4.86. The van der Waals surface area contributed by atoms with Crippen molar-refractivity contribution in [2.75, 3.05) is 0 Å². The summed E-state index contributed by atoms with van der Waals surface area (Å²) in [5.74, 6) is -2.32.